The molecule has 0 bridgehead atoms. The second kappa shape index (κ2) is 4.22. The van der Waals surface area contributed by atoms with E-state index in [1.165, 1.54) is 23.5 Å². The summed E-state index contributed by atoms with van der Waals surface area (Å²) in [5.41, 5.74) is 5.40. The Kier molecular flexibility index (Phi) is 2.77. The summed E-state index contributed by atoms with van der Waals surface area (Å²) < 4.78 is 18.1. The van der Waals surface area contributed by atoms with Crippen molar-refractivity contribution in [2.45, 2.75) is 6.61 Å². The highest BCUT2D eigenvalue weighted by atomic mass is 32.1. The van der Waals surface area contributed by atoms with Crippen LogP contribution in [0.15, 0.2) is 24.3 Å². The Morgan fingerprint density at radius 2 is 2.27 bits per heavy atom. The van der Waals surface area contributed by atoms with Gasteiger partial charge < -0.3 is 10.5 Å². The van der Waals surface area contributed by atoms with Crippen LogP contribution in [0.2, 0.25) is 0 Å². The largest absolute Gasteiger partial charge is 0.486 e. The molecule has 6 heteroatoms. The number of hydrogen-bond donors (Lipinski definition) is 1. The first kappa shape index (κ1) is 9.85. The molecule has 2 rings (SSSR count). The Morgan fingerprint density at radius 1 is 1.40 bits per heavy atom. The summed E-state index contributed by atoms with van der Waals surface area (Å²) in [5, 5.41) is 8.48. The summed E-state index contributed by atoms with van der Waals surface area (Å²) in [7, 11) is 0. The molecule has 0 unspecified atom stereocenters. The Morgan fingerprint density at radius 3 is 2.93 bits per heavy atom. The second-order valence-electron chi connectivity index (χ2n) is 2.78. The normalized spacial score (nSPS) is 10.2. The van der Waals surface area contributed by atoms with Crippen LogP contribution >= 0.6 is 11.3 Å². The molecule has 0 aliphatic rings. The fourth-order valence-corrected chi connectivity index (χ4v) is 1.55. The number of aromatic nitrogens is 2. The summed E-state index contributed by atoms with van der Waals surface area (Å²) in [6.45, 7) is 0.248. The molecular weight excluding hydrogens is 217 g/mol. The van der Waals surface area contributed by atoms with Gasteiger partial charge in [-0.05, 0) is 12.1 Å². The molecular formula is C9H8FN3OS. The maximum absolute atomic E-state index is 12.8. The van der Waals surface area contributed by atoms with E-state index in [0.717, 1.165) is 0 Å². The molecule has 1 aromatic heterocycles. The lowest BCUT2D eigenvalue weighted by Crippen LogP contribution is -1.94. The third kappa shape index (κ3) is 2.63. The average molecular weight is 225 g/mol. The van der Waals surface area contributed by atoms with E-state index in [-0.39, 0.29) is 12.4 Å². The van der Waals surface area contributed by atoms with E-state index in [1.807, 2.05) is 0 Å². The lowest BCUT2D eigenvalue weighted by molar-refractivity contribution is 0.303. The van der Waals surface area contributed by atoms with Gasteiger partial charge in [-0.3, -0.25) is 0 Å². The van der Waals surface area contributed by atoms with Crippen molar-refractivity contribution in [1.29, 1.82) is 0 Å². The highest BCUT2D eigenvalue weighted by Gasteiger charge is 2.02. The highest BCUT2D eigenvalue weighted by Crippen LogP contribution is 2.16. The molecule has 1 heterocycles. The molecule has 4 nitrogen and oxygen atoms in total. The Bertz CT molecular complexity index is 460. The van der Waals surface area contributed by atoms with Crippen LogP contribution in [-0.4, -0.2) is 10.2 Å². The van der Waals surface area contributed by atoms with Gasteiger partial charge in [0.2, 0.25) is 5.13 Å². The van der Waals surface area contributed by atoms with Crippen LogP contribution in [0.5, 0.6) is 5.75 Å². The van der Waals surface area contributed by atoms with Gasteiger partial charge in [0.1, 0.15) is 18.2 Å². The zero-order valence-corrected chi connectivity index (χ0v) is 8.50. The van der Waals surface area contributed by atoms with Gasteiger partial charge in [0.05, 0.1) is 0 Å². The fourth-order valence-electron chi connectivity index (χ4n) is 1.03. The lowest BCUT2D eigenvalue weighted by Gasteiger charge is -2.02. The molecule has 0 saturated heterocycles. The van der Waals surface area contributed by atoms with Gasteiger partial charge in [0.25, 0.3) is 0 Å². The van der Waals surface area contributed by atoms with Gasteiger partial charge in [0.15, 0.2) is 5.01 Å². The summed E-state index contributed by atoms with van der Waals surface area (Å²) in [6, 6.07) is 5.92. The molecule has 0 radical (unpaired) electrons. The number of ether oxygens (including phenoxy) is 1. The third-order valence-electron chi connectivity index (χ3n) is 1.64. The number of nitrogens with zero attached hydrogens (tertiary/aromatic N) is 2. The van der Waals surface area contributed by atoms with Crippen LogP contribution in [0.3, 0.4) is 0 Å². The van der Waals surface area contributed by atoms with Gasteiger partial charge >= 0.3 is 0 Å². The standard InChI is InChI=1S/C9H8FN3OS/c10-6-2-1-3-7(4-6)14-5-8-12-13-9(11)15-8/h1-4H,5H2,(H2,11,13). The van der Waals surface area contributed by atoms with E-state index in [4.69, 9.17) is 10.5 Å². The molecule has 0 atom stereocenters. The predicted octanol–water partition coefficient (Wildman–Crippen LogP) is 1.84. The number of halogens is 1. The molecule has 1 aromatic carbocycles. The first-order chi connectivity index (χ1) is 7.24. The molecule has 0 aliphatic carbocycles. The first-order valence-corrected chi connectivity index (χ1v) is 5.02. The van der Waals surface area contributed by atoms with Crippen molar-refractivity contribution in [3.05, 3.63) is 35.1 Å². The van der Waals surface area contributed by atoms with Crippen molar-refractivity contribution < 1.29 is 9.13 Å². The Balaban J connectivity index is 1.99. The number of nitrogens with two attached hydrogens (primary N) is 1. The zero-order chi connectivity index (χ0) is 10.7. The summed E-state index contributed by atoms with van der Waals surface area (Å²) >= 11 is 1.25. The minimum atomic E-state index is -0.329. The maximum atomic E-state index is 12.8. The van der Waals surface area contributed by atoms with E-state index in [1.54, 1.807) is 12.1 Å². The highest BCUT2D eigenvalue weighted by molar-refractivity contribution is 7.15. The van der Waals surface area contributed by atoms with Crippen LogP contribution in [-0.2, 0) is 6.61 Å². The van der Waals surface area contributed by atoms with Gasteiger partial charge in [-0.2, -0.15) is 0 Å². The van der Waals surface area contributed by atoms with Crippen LogP contribution < -0.4 is 10.5 Å². The first-order valence-electron chi connectivity index (χ1n) is 4.20. The molecule has 0 aliphatic heterocycles. The number of benzene rings is 1. The fraction of sp³-hybridized carbons (Fsp3) is 0.111. The number of nitrogen functional groups attached to an aromatic ring is 1. The molecule has 0 amide bonds. The smallest absolute Gasteiger partial charge is 0.203 e. The van der Waals surface area contributed by atoms with Gasteiger partial charge in [-0.1, -0.05) is 17.4 Å². The van der Waals surface area contributed by atoms with Gasteiger partial charge in [-0.25, -0.2) is 4.39 Å². The monoisotopic (exact) mass is 225 g/mol. The van der Waals surface area contributed by atoms with Crippen LogP contribution in [0.4, 0.5) is 9.52 Å². The van der Waals surface area contributed by atoms with E-state index in [0.29, 0.717) is 15.9 Å². The molecule has 78 valence electrons. The number of anilines is 1. The van der Waals surface area contributed by atoms with Crippen molar-refractivity contribution in [2.24, 2.45) is 0 Å². The molecule has 0 saturated carbocycles. The van der Waals surface area contributed by atoms with Crippen molar-refractivity contribution in [1.82, 2.24) is 10.2 Å². The summed E-state index contributed by atoms with van der Waals surface area (Å²) in [6.07, 6.45) is 0. The third-order valence-corrected chi connectivity index (χ3v) is 2.37. The van der Waals surface area contributed by atoms with Crippen LogP contribution in [0.25, 0.3) is 0 Å². The van der Waals surface area contributed by atoms with Crippen molar-refractivity contribution in [3.63, 3.8) is 0 Å². The van der Waals surface area contributed by atoms with Crippen molar-refractivity contribution in [2.75, 3.05) is 5.73 Å². The van der Waals surface area contributed by atoms with E-state index in [2.05, 4.69) is 10.2 Å². The SMILES string of the molecule is Nc1nnc(COc2cccc(F)c2)s1. The summed E-state index contributed by atoms with van der Waals surface area (Å²) in [4.78, 5) is 0. The zero-order valence-electron chi connectivity index (χ0n) is 7.68. The van der Waals surface area contributed by atoms with E-state index >= 15 is 0 Å². The minimum Gasteiger partial charge on any atom is -0.486 e. The molecule has 0 spiro atoms. The van der Waals surface area contributed by atoms with Crippen LogP contribution in [0.1, 0.15) is 5.01 Å². The quantitative estimate of drug-likeness (QED) is 0.865. The average Bonchev–Trinajstić information content (AvgIpc) is 2.62. The van der Waals surface area contributed by atoms with Gasteiger partial charge in [0, 0.05) is 6.07 Å². The molecule has 2 aromatic rings. The molecule has 2 N–H and O–H groups in total. The molecule has 0 fully saturated rings. The number of hydrogen-bond acceptors (Lipinski definition) is 5. The second-order valence-corrected chi connectivity index (χ2v) is 3.87. The predicted molar refractivity (Wildman–Crippen MR) is 55.1 cm³/mol. The number of rotatable bonds is 3. The Hall–Kier alpha value is -1.69. The lowest BCUT2D eigenvalue weighted by atomic mass is 10.3. The van der Waals surface area contributed by atoms with Crippen LogP contribution in [0, 0.1) is 5.82 Å². The van der Waals surface area contributed by atoms with E-state index in [9.17, 15) is 4.39 Å². The topological polar surface area (TPSA) is 61.0 Å². The van der Waals surface area contributed by atoms with Crippen molar-refractivity contribution >= 4 is 16.5 Å². The van der Waals surface area contributed by atoms with Crippen molar-refractivity contribution in [3.8, 4) is 5.75 Å². The Labute approximate surface area is 89.5 Å². The van der Waals surface area contributed by atoms with E-state index < -0.39 is 0 Å². The summed E-state index contributed by atoms with van der Waals surface area (Å²) in [5.74, 6) is 0.132. The van der Waals surface area contributed by atoms with Gasteiger partial charge in [-0.15, -0.1) is 10.2 Å². The maximum Gasteiger partial charge on any atom is 0.203 e. The minimum absolute atomic E-state index is 0.248. The molecule has 15 heavy (non-hydrogen) atoms.